The van der Waals surface area contributed by atoms with E-state index >= 15 is 0 Å². The topological polar surface area (TPSA) is 42.7 Å². The maximum atomic E-state index is 6.21. The van der Waals surface area contributed by atoms with Gasteiger partial charge in [-0.2, -0.15) is 0 Å². The number of rotatable bonds is 2. The lowest BCUT2D eigenvalue weighted by molar-refractivity contribution is 0.122. The third-order valence-corrected chi connectivity index (χ3v) is 4.19. The molecule has 0 atom stereocenters. The van der Waals surface area contributed by atoms with Crippen molar-refractivity contribution >= 4 is 23.1 Å². The van der Waals surface area contributed by atoms with Crippen molar-refractivity contribution in [2.24, 2.45) is 0 Å². The summed E-state index contributed by atoms with van der Waals surface area (Å²) >= 11 is 6.21. The Kier molecular flexibility index (Phi) is 3.44. The van der Waals surface area contributed by atoms with Gasteiger partial charge in [-0.25, -0.2) is 9.97 Å². The van der Waals surface area contributed by atoms with E-state index in [2.05, 4.69) is 25.5 Å². The van der Waals surface area contributed by atoms with E-state index in [9.17, 15) is 0 Å². The van der Waals surface area contributed by atoms with E-state index in [0.29, 0.717) is 5.15 Å². The number of imidazole rings is 1. The third-order valence-electron chi connectivity index (χ3n) is 3.89. The molecule has 112 valence electrons. The fraction of sp³-hybridized carbons (Fsp3) is 0.250. The van der Waals surface area contributed by atoms with Crippen LogP contribution in [0, 0.1) is 0 Å². The molecule has 3 aromatic rings. The van der Waals surface area contributed by atoms with Crippen LogP contribution in [-0.4, -0.2) is 40.7 Å². The highest BCUT2D eigenvalue weighted by Crippen LogP contribution is 2.28. The van der Waals surface area contributed by atoms with E-state index in [1.807, 2.05) is 30.5 Å². The molecule has 3 aromatic heterocycles. The molecule has 0 unspecified atom stereocenters. The molecule has 4 rings (SSSR count). The normalized spacial score (nSPS) is 15.4. The zero-order valence-corrected chi connectivity index (χ0v) is 12.7. The number of hydrogen-bond acceptors (Lipinski definition) is 4. The molecule has 22 heavy (non-hydrogen) atoms. The van der Waals surface area contributed by atoms with Gasteiger partial charge in [-0.15, -0.1) is 0 Å². The highest BCUT2D eigenvalue weighted by molar-refractivity contribution is 6.32. The Morgan fingerprint density at radius 2 is 1.95 bits per heavy atom. The van der Waals surface area contributed by atoms with Gasteiger partial charge in [-0.05, 0) is 24.3 Å². The molecule has 0 N–H and O–H groups in total. The predicted molar refractivity (Wildman–Crippen MR) is 86.5 cm³/mol. The van der Waals surface area contributed by atoms with E-state index in [4.69, 9.17) is 16.3 Å². The number of fused-ring (bicyclic) bond motifs is 1. The first-order valence-electron chi connectivity index (χ1n) is 7.23. The number of anilines is 1. The van der Waals surface area contributed by atoms with Gasteiger partial charge < -0.3 is 9.64 Å². The summed E-state index contributed by atoms with van der Waals surface area (Å²) in [4.78, 5) is 10.9. The van der Waals surface area contributed by atoms with Crippen molar-refractivity contribution in [1.82, 2.24) is 14.4 Å². The molecule has 0 aromatic carbocycles. The van der Waals surface area contributed by atoms with Crippen molar-refractivity contribution in [2.45, 2.75) is 0 Å². The second kappa shape index (κ2) is 5.59. The summed E-state index contributed by atoms with van der Waals surface area (Å²) in [5.74, 6) is 1.08. The number of hydrogen-bond donors (Lipinski definition) is 0. The smallest absolute Gasteiger partial charge is 0.138 e. The first kappa shape index (κ1) is 13.5. The third kappa shape index (κ3) is 2.32. The molecule has 0 saturated carbocycles. The molecule has 0 aliphatic carbocycles. The molecule has 1 saturated heterocycles. The van der Waals surface area contributed by atoms with Gasteiger partial charge in [0.15, 0.2) is 0 Å². The van der Waals surface area contributed by atoms with Crippen LogP contribution in [0.2, 0.25) is 5.15 Å². The van der Waals surface area contributed by atoms with E-state index < -0.39 is 0 Å². The van der Waals surface area contributed by atoms with Crippen LogP contribution in [0.4, 0.5) is 5.82 Å². The highest BCUT2D eigenvalue weighted by atomic mass is 35.5. The fourth-order valence-electron chi connectivity index (χ4n) is 2.75. The molecule has 0 amide bonds. The summed E-state index contributed by atoms with van der Waals surface area (Å²) in [6, 6.07) is 7.89. The van der Waals surface area contributed by atoms with Gasteiger partial charge in [0.2, 0.25) is 0 Å². The first-order chi connectivity index (χ1) is 10.8. The number of aromatic nitrogens is 3. The van der Waals surface area contributed by atoms with E-state index in [-0.39, 0.29) is 0 Å². The lowest BCUT2D eigenvalue weighted by Gasteiger charge is -2.28. The maximum absolute atomic E-state index is 6.21. The van der Waals surface area contributed by atoms with E-state index in [0.717, 1.165) is 48.9 Å². The van der Waals surface area contributed by atoms with Crippen LogP contribution >= 0.6 is 11.6 Å². The summed E-state index contributed by atoms with van der Waals surface area (Å²) in [6.07, 6.45) is 5.67. The van der Waals surface area contributed by atoms with Gasteiger partial charge in [-0.1, -0.05) is 11.6 Å². The Labute approximate surface area is 133 Å². The van der Waals surface area contributed by atoms with Gasteiger partial charge in [0.25, 0.3) is 0 Å². The van der Waals surface area contributed by atoms with Crippen LogP contribution in [0.15, 0.2) is 42.9 Å². The molecule has 6 heteroatoms. The van der Waals surface area contributed by atoms with Crippen molar-refractivity contribution in [3.63, 3.8) is 0 Å². The summed E-state index contributed by atoms with van der Waals surface area (Å²) in [5, 5.41) is 0.509. The van der Waals surface area contributed by atoms with Crippen molar-refractivity contribution in [3.05, 3.63) is 48.0 Å². The maximum Gasteiger partial charge on any atom is 0.138 e. The largest absolute Gasteiger partial charge is 0.378 e. The minimum Gasteiger partial charge on any atom is -0.378 e. The number of pyridine rings is 2. The minimum atomic E-state index is 0.509. The van der Waals surface area contributed by atoms with Crippen LogP contribution in [0.25, 0.3) is 16.8 Å². The van der Waals surface area contributed by atoms with Crippen molar-refractivity contribution in [3.8, 4) is 11.1 Å². The zero-order chi connectivity index (χ0) is 14.9. The monoisotopic (exact) mass is 314 g/mol. The van der Waals surface area contributed by atoms with Gasteiger partial charge >= 0.3 is 0 Å². The highest BCUT2D eigenvalue weighted by Gasteiger charge is 2.16. The predicted octanol–water partition coefficient (Wildman–Crippen LogP) is 2.89. The minimum absolute atomic E-state index is 0.509. The Balaban J connectivity index is 1.81. The summed E-state index contributed by atoms with van der Waals surface area (Å²) < 4.78 is 7.52. The van der Waals surface area contributed by atoms with Crippen molar-refractivity contribution in [2.75, 3.05) is 31.2 Å². The molecular weight excluding hydrogens is 300 g/mol. The van der Waals surface area contributed by atoms with Gasteiger partial charge in [0.05, 0.1) is 19.4 Å². The molecule has 1 fully saturated rings. The molecule has 0 radical (unpaired) electrons. The number of nitrogens with zero attached hydrogens (tertiary/aromatic N) is 4. The van der Waals surface area contributed by atoms with E-state index in [1.54, 1.807) is 6.20 Å². The molecule has 5 nitrogen and oxygen atoms in total. The summed E-state index contributed by atoms with van der Waals surface area (Å²) in [6.45, 7) is 3.26. The zero-order valence-electron chi connectivity index (χ0n) is 11.9. The Hall–Kier alpha value is -2.11. The molecular formula is C16H15ClN4O. The van der Waals surface area contributed by atoms with Gasteiger partial charge in [0, 0.05) is 36.6 Å². The van der Waals surface area contributed by atoms with Gasteiger partial charge in [-0.3, -0.25) is 4.40 Å². The average Bonchev–Trinajstić information content (AvgIpc) is 2.99. The second-order valence-corrected chi connectivity index (χ2v) is 5.56. The van der Waals surface area contributed by atoms with Crippen molar-refractivity contribution < 1.29 is 4.74 Å². The molecule has 4 heterocycles. The molecule has 0 spiro atoms. The number of ether oxygens (including phenoxy) is 1. The quantitative estimate of drug-likeness (QED) is 0.682. The fourth-order valence-corrected chi connectivity index (χ4v) is 2.98. The first-order valence-corrected chi connectivity index (χ1v) is 7.61. The van der Waals surface area contributed by atoms with Crippen LogP contribution in [0.5, 0.6) is 0 Å². The molecule has 0 bridgehead atoms. The second-order valence-electron chi connectivity index (χ2n) is 5.20. The Morgan fingerprint density at radius 3 is 2.77 bits per heavy atom. The lowest BCUT2D eigenvalue weighted by Crippen LogP contribution is -2.36. The van der Waals surface area contributed by atoms with Crippen LogP contribution in [0.1, 0.15) is 0 Å². The van der Waals surface area contributed by atoms with E-state index in [1.165, 1.54) is 0 Å². The SMILES string of the molecule is Clc1ncccc1-c1ccc2ncc(N3CCOCC3)n2c1. The lowest BCUT2D eigenvalue weighted by atomic mass is 10.1. The number of morpholine rings is 1. The van der Waals surface area contributed by atoms with Crippen molar-refractivity contribution in [1.29, 1.82) is 0 Å². The number of halogens is 1. The molecule has 1 aliphatic heterocycles. The van der Waals surface area contributed by atoms with Crippen LogP contribution in [0.3, 0.4) is 0 Å². The Morgan fingerprint density at radius 1 is 1.09 bits per heavy atom. The van der Waals surface area contributed by atoms with Crippen LogP contribution in [-0.2, 0) is 4.74 Å². The molecule has 1 aliphatic rings. The standard InChI is InChI=1S/C16H15ClN4O/c17-16-13(2-1-5-18-16)12-3-4-14-19-10-15(21(14)11-12)20-6-8-22-9-7-20/h1-5,10-11H,6-9H2. The van der Waals surface area contributed by atoms with Gasteiger partial charge in [0.1, 0.15) is 16.6 Å². The summed E-state index contributed by atoms with van der Waals surface area (Å²) in [5.41, 5.74) is 2.87. The average molecular weight is 315 g/mol. The summed E-state index contributed by atoms with van der Waals surface area (Å²) in [7, 11) is 0. The Bertz CT molecular complexity index is 811. The van der Waals surface area contributed by atoms with Crippen LogP contribution < -0.4 is 4.90 Å².